The van der Waals surface area contributed by atoms with Crippen molar-refractivity contribution < 1.29 is 19.4 Å². The van der Waals surface area contributed by atoms with Crippen molar-refractivity contribution in [3.05, 3.63) is 48.2 Å². The molecule has 2 rings (SSSR count). The van der Waals surface area contributed by atoms with Crippen molar-refractivity contribution in [3.63, 3.8) is 0 Å². The summed E-state index contributed by atoms with van der Waals surface area (Å²) in [5, 5.41) is 9.85. The van der Waals surface area contributed by atoms with Gasteiger partial charge in [-0.15, -0.1) is 0 Å². The molecule has 0 saturated carbocycles. The molecule has 0 bridgehead atoms. The number of benzene rings is 1. The Balaban J connectivity index is 1.89. The first-order valence-corrected chi connectivity index (χ1v) is 5.91. The second kappa shape index (κ2) is 5.69. The van der Waals surface area contributed by atoms with E-state index in [4.69, 9.17) is 9.47 Å². The lowest BCUT2D eigenvalue weighted by Crippen LogP contribution is -2.39. The number of carbonyl (C=O) groups is 1. The molecule has 18 heavy (non-hydrogen) atoms. The number of hydrogen-bond acceptors (Lipinski definition) is 4. The third kappa shape index (κ3) is 2.90. The molecule has 0 amide bonds. The van der Waals surface area contributed by atoms with Crippen LogP contribution in [0.15, 0.2) is 42.7 Å². The van der Waals surface area contributed by atoms with Crippen LogP contribution in [0.3, 0.4) is 0 Å². The molecule has 1 unspecified atom stereocenters. The molecule has 1 aromatic carbocycles. The van der Waals surface area contributed by atoms with Crippen LogP contribution >= 0.6 is 0 Å². The fourth-order valence-corrected chi connectivity index (χ4v) is 1.76. The minimum atomic E-state index is -0.654. The van der Waals surface area contributed by atoms with Gasteiger partial charge in [0, 0.05) is 5.92 Å². The molecule has 4 nitrogen and oxygen atoms in total. The molecule has 0 saturated heterocycles. The Hall–Kier alpha value is -1.81. The average Bonchev–Trinajstić information content (AvgIpc) is 2.41. The van der Waals surface area contributed by atoms with Gasteiger partial charge in [0.2, 0.25) is 0 Å². The molecular weight excluding hydrogens is 232 g/mol. The predicted octanol–water partition coefficient (Wildman–Crippen LogP) is 1.75. The summed E-state index contributed by atoms with van der Waals surface area (Å²) in [6.07, 6.45) is 2.16. The van der Waals surface area contributed by atoms with Gasteiger partial charge in [-0.3, -0.25) is 0 Å². The van der Waals surface area contributed by atoms with Gasteiger partial charge in [-0.25, -0.2) is 4.79 Å². The normalized spacial score (nSPS) is 26.4. The molecule has 0 fully saturated rings. The van der Waals surface area contributed by atoms with Crippen molar-refractivity contribution in [3.8, 4) is 0 Å². The van der Waals surface area contributed by atoms with Crippen molar-refractivity contribution in [2.24, 2.45) is 5.92 Å². The van der Waals surface area contributed by atoms with Crippen LogP contribution in [0.1, 0.15) is 17.3 Å². The van der Waals surface area contributed by atoms with E-state index in [1.165, 1.54) is 0 Å². The monoisotopic (exact) mass is 248 g/mol. The van der Waals surface area contributed by atoms with E-state index < -0.39 is 18.2 Å². The van der Waals surface area contributed by atoms with Gasteiger partial charge >= 0.3 is 5.97 Å². The number of ether oxygens (including phenoxy) is 2. The smallest absolute Gasteiger partial charge is 0.338 e. The number of aliphatic hydroxyl groups excluding tert-OH is 1. The highest BCUT2D eigenvalue weighted by molar-refractivity contribution is 5.89. The molecule has 4 heteroatoms. The lowest BCUT2D eigenvalue weighted by Gasteiger charge is -2.28. The summed E-state index contributed by atoms with van der Waals surface area (Å²) in [5.74, 6) is -0.409. The summed E-state index contributed by atoms with van der Waals surface area (Å²) < 4.78 is 10.4. The Kier molecular flexibility index (Phi) is 3.99. The third-order valence-corrected chi connectivity index (χ3v) is 2.94. The van der Waals surface area contributed by atoms with Gasteiger partial charge in [0.15, 0.2) is 6.10 Å². The van der Waals surface area contributed by atoms with Crippen molar-refractivity contribution in [2.45, 2.75) is 19.1 Å². The summed E-state index contributed by atoms with van der Waals surface area (Å²) in [5.41, 5.74) is 0.492. The minimum absolute atomic E-state index is 0.000762. The lowest BCUT2D eigenvalue weighted by molar-refractivity contribution is -0.0575. The summed E-state index contributed by atoms with van der Waals surface area (Å²) in [6, 6.07) is 8.74. The molecule has 1 N–H and O–H groups in total. The van der Waals surface area contributed by atoms with E-state index in [1.807, 2.05) is 13.0 Å². The maximum Gasteiger partial charge on any atom is 0.338 e. The van der Waals surface area contributed by atoms with Crippen molar-refractivity contribution >= 4 is 5.97 Å². The summed E-state index contributed by atoms with van der Waals surface area (Å²) >= 11 is 0. The van der Waals surface area contributed by atoms with Gasteiger partial charge in [-0.2, -0.15) is 0 Å². The Morgan fingerprint density at radius 2 is 2.11 bits per heavy atom. The molecule has 0 aliphatic carbocycles. The van der Waals surface area contributed by atoms with E-state index in [0.717, 1.165) is 0 Å². The summed E-state index contributed by atoms with van der Waals surface area (Å²) in [4.78, 5) is 11.7. The van der Waals surface area contributed by atoms with Gasteiger partial charge in [0.25, 0.3) is 0 Å². The van der Waals surface area contributed by atoms with Crippen LogP contribution in [0, 0.1) is 5.92 Å². The minimum Gasteiger partial charge on any atom is -0.492 e. The number of hydrogen-bond donors (Lipinski definition) is 1. The third-order valence-electron chi connectivity index (χ3n) is 2.94. The van der Waals surface area contributed by atoms with E-state index in [-0.39, 0.29) is 12.5 Å². The second-order valence-electron chi connectivity index (χ2n) is 4.32. The zero-order valence-electron chi connectivity index (χ0n) is 10.2. The van der Waals surface area contributed by atoms with Crippen molar-refractivity contribution in [1.82, 2.24) is 0 Å². The SMILES string of the molecule is C[C@H]1C=COC(COC(=O)c2ccccc2)[C@@H]1O. The van der Waals surface area contributed by atoms with E-state index >= 15 is 0 Å². The van der Waals surface area contributed by atoms with Crippen molar-refractivity contribution in [2.75, 3.05) is 6.61 Å². The Morgan fingerprint density at radius 1 is 1.39 bits per heavy atom. The topological polar surface area (TPSA) is 55.8 Å². The standard InChI is InChI=1S/C14H16O4/c1-10-7-8-17-12(13(10)15)9-18-14(16)11-5-3-2-4-6-11/h2-8,10,12-13,15H,9H2,1H3/t10-,12?,13+/m0/s1. The van der Waals surface area contributed by atoms with E-state index in [9.17, 15) is 9.90 Å². The van der Waals surface area contributed by atoms with Crippen LogP contribution in [-0.4, -0.2) is 29.9 Å². The quantitative estimate of drug-likeness (QED) is 0.828. The van der Waals surface area contributed by atoms with Crippen LogP contribution in [0.2, 0.25) is 0 Å². The number of aliphatic hydroxyl groups is 1. The molecule has 1 aliphatic rings. The molecule has 1 heterocycles. The number of esters is 1. The fourth-order valence-electron chi connectivity index (χ4n) is 1.76. The molecule has 0 aromatic heterocycles. The first-order chi connectivity index (χ1) is 8.68. The van der Waals surface area contributed by atoms with E-state index in [2.05, 4.69) is 0 Å². The molecule has 3 atom stereocenters. The maximum atomic E-state index is 11.7. The predicted molar refractivity (Wildman–Crippen MR) is 65.9 cm³/mol. The first-order valence-electron chi connectivity index (χ1n) is 5.91. The summed E-state index contributed by atoms with van der Waals surface area (Å²) in [6.45, 7) is 1.93. The number of rotatable bonds is 3. The number of carbonyl (C=O) groups excluding carboxylic acids is 1. The fraction of sp³-hybridized carbons (Fsp3) is 0.357. The van der Waals surface area contributed by atoms with Crippen LogP contribution in [0.4, 0.5) is 0 Å². The Labute approximate surface area is 106 Å². The lowest BCUT2D eigenvalue weighted by atomic mass is 9.98. The van der Waals surface area contributed by atoms with Gasteiger partial charge in [0.1, 0.15) is 12.7 Å². The van der Waals surface area contributed by atoms with Crippen LogP contribution in [0.5, 0.6) is 0 Å². The zero-order valence-corrected chi connectivity index (χ0v) is 10.2. The molecular formula is C14H16O4. The van der Waals surface area contributed by atoms with Gasteiger partial charge in [0.05, 0.1) is 11.8 Å². The maximum absolute atomic E-state index is 11.7. The van der Waals surface area contributed by atoms with Crippen LogP contribution < -0.4 is 0 Å². The molecule has 0 radical (unpaired) electrons. The highest BCUT2D eigenvalue weighted by atomic mass is 16.6. The Bertz CT molecular complexity index is 427. The van der Waals surface area contributed by atoms with Gasteiger partial charge in [-0.1, -0.05) is 25.1 Å². The highest BCUT2D eigenvalue weighted by Crippen LogP contribution is 2.18. The highest BCUT2D eigenvalue weighted by Gasteiger charge is 2.28. The molecule has 0 spiro atoms. The second-order valence-corrected chi connectivity index (χ2v) is 4.32. The largest absolute Gasteiger partial charge is 0.492 e. The van der Waals surface area contributed by atoms with Crippen molar-refractivity contribution in [1.29, 1.82) is 0 Å². The molecule has 1 aliphatic heterocycles. The summed E-state index contributed by atoms with van der Waals surface area (Å²) in [7, 11) is 0. The van der Waals surface area contributed by atoms with Gasteiger partial charge < -0.3 is 14.6 Å². The molecule has 1 aromatic rings. The van der Waals surface area contributed by atoms with Crippen LogP contribution in [0.25, 0.3) is 0 Å². The zero-order chi connectivity index (χ0) is 13.0. The van der Waals surface area contributed by atoms with E-state index in [0.29, 0.717) is 5.56 Å². The van der Waals surface area contributed by atoms with E-state index in [1.54, 1.807) is 36.6 Å². The van der Waals surface area contributed by atoms with Crippen LogP contribution in [-0.2, 0) is 9.47 Å². The molecule has 96 valence electrons. The Morgan fingerprint density at radius 3 is 2.83 bits per heavy atom. The van der Waals surface area contributed by atoms with Gasteiger partial charge in [-0.05, 0) is 18.2 Å². The average molecular weight is 248 g/mol. The first kappa shape index (κ1) is 12.6.